The van der Waals surface area contributed by atoms with Gasteiger partial charge in [-0.1, -0.05) is 17.7 Å². The van der Waals surface area contributed by atoms with Crippen molar-refractivity contribution in [2.45, 2.75) is 58.4 Å². The summed E-state index contributed by atoms with van der Waals surface area (Å²) < 4.78 is 0. The Labute approximate surface area is 174 Å². The second-order valence-electron chi connectivity index (χ2n) is 10.3. The molecule has 1 aromatic carbocycles. The van der Waals surface area contributed by atoms with Gasteiger partial charge in [0.2, 0.25) is 0 Å². The topological polar surface area (TPSA) is 62.6 Å². The molecule has 158 valence electrons. The van der Waals surface area contributed by atoms with E-state index < -0.39 is 0 Å². The van der Waals surface area contributed by atoms with E-state index in [1.165, 1.54) is 38.5 Å². The van der Waals surface area contributed by atoms with Crippen molar-refractivity contribution in [3.8, 4) is 0 Å². The molecule has 0 aliphatic heterocycles. The van der Waals surface area contributed by atoms with E-state index in [1.807, 2.05) is 38.2 Å². The Morgan fingerprint density at radius 2 is 1.52 bits per heavy atom. The average molecular weight is 399 g/mol. The molecule has 1 aromatic rings. The molecule has 2 amide bonds. The summed E-state index contributed by atoms with van der Waals surface area (Å²) >= 11 is 0. The Kier molecular flexibility index (Phi) is 5.69. The fourth-order valence-corrected chi connectivity index (χ4v) is 6.61. The molecular weight excluding hydrogens is 362 g/mol. The summed E-state index contributed by atoms with van der Waals surface area (Å²) in [5.41, 5.74) is 2.28. The summed E-state index contributed by atoms with van der Waals surface area (Å²) in [5, 5.41) is 6.22. The molecular formula is C24H36N3O2+. The highest BCUT2D eigenvalue weighted by Crippen LogP contribution is 2.61. The van der Waals surface area contributed by atoms with Crippen LogP contribution in [0.4, 0.5) is 5.69 Å². The Balaban J connectivity index is 1.25. The summed E-state index contributed by atoms with van der Waals surface area (Å²) in [6, 6.07) is 8.00. The Hall–Kier alpha value is -1.88. The normalized spacial score (nSPS) is 31.9. The minimum absolute atomic E-state index is 0.0618. The van der Waals surface area contributed by atoms with Crippen LogP contribution in [-0.2, 0) is 9.59 Å². The summed E-state index contributed by atoms with van der Waals surface area (Å²) in [7, 11) is 1.91. The number of quaternary nitrogens is 1. The first kappa shape index (κ1) is 20.4. The van der Waals surface area contributed by atoms with Crippen molar-refractivity contribution in [1.82, 2.24) is 5.32 Å². The van der Waals surface area contributed by atoms with Crippen LogP contribution in [0.1, 0.15) is 51.0 Å². The van der Waals surface area contributed by atoms with E-state index in [0.29, 0.717) is 12.0 Å². The van der Waals surface area contributed by atoms with Gasteiger partial charge in [0, 0.05) is 11.7 Å². The van der Waals surface area contributed by atoms with Crippen molar-refractivity contribution in [2.75, 3.05) is 25.5 Å². The van der Waals surface area contributed by atoms with Crippen LogP contribution in [-0.4, -0.2) is 38.0 Å². The number of hydrogen-bond acceptors (Lipinski definition) is 2. The molecule has 0 heterocycles. The number of rotatable bonds is 7. The van der Waals surface area contributed by atoms with Crippen LogP contribution in [0.3, 0.4) is 0 Å². The molecule has 0 radical (unpaired) electrons. The number of hydrogen-bond donors (Lipinski definition) is 3. The summed E-state index contributed by atoms with van der Waals surface area (Å²) in [4.78, 5) is 25.9. The van der Waals surface area contributed by atoms with Gasteiger partial charge in [-0.2, -0.15) is 0 Å². The van der Waals surface area contributed by atoms with E-state index in [9.17, 15) is 9.59 Å². The molecule has 3 N–H and O–H groups in total. The maximum atomic E-state index is 12.7. The number of aryl methyl sites for hydroxylation is 1. The number of carbonyl (C=O) groups is 2. The van der Waals surface area contributed by atoms with Crippen molar-refractivity contribution >= 4 is 17.5 Å². The fourth-order valence-electron chi connectivity index (χ4n) is 6.61. The van der Waals surface area contributed by atoms with Crippen LogP contribution in [0.15, 0.2) is 24.3 Å². The van der Waals surface area contributed by atoms with Gasteiger partial charge in [0.25, 0.3) is 11.8 Å². The first-order chi connectivity index (χ1) is 13.8. The van der Waals surface area contributed by atoms with Crippen molar-refractivity contribution in [1.29, 1.82) is 0 Å². The van der Waals surface area contributed by atoms with Crippen LogP contribution >= 0.6 is 0 Å². The van der Waals surface area contributed by atoms with Gasteiger partial charge in [0.1, 0.15) is 0 Å². The smallest absolute Gasteiger partial charge is 0.279 e. The highest BCUT2D eigenvalue weighted by Gasteiger charge is 2.53. The van der Waals surface area contributed by atoms with Gasteiger partial charge in [0.15, 0.2) is 13.1 Å². The molecule has 1 unspecified atom stereocenters. The van der Waals surface area contributed by atoms with Crippen LogP contribution in [0.5, 0.6) is 0 Å². The maximum absolute atomic E-state index is 12.7. The monoisotopic (exact) mass is 398 g/mol. The van der Waals surface area contributed by atoms with Gasteiger partial charge in [-0.3, -0.25) is 9.59 Å². The van der Waals surface area contributed by atoms with Crippen molar-refractivity contribution < 1.29 is 14.5 Å². The van der Waals surface area contributed by atoms with Gasteiger partial charge < -0.3 is 15.5 Å². The molecule has 4 bridgehead atoms. The molecule has 0 spiro atoms. The summed E-state index contributed by atoms with van der Waals surface area (Å²) in [6.45, 7) is 4.85. The molecule has 5 heteroatoms. The molecule has 29 heavy (non-hydrogen) atoms. The Bertz CT molecular complexity index is 723. The predicted octanol–water partition coefficient (Wildman–Crippen LogP) is 2.17. The highest BCUT2D eigenvalue weighted by molar-refractivity contribution is 5.91. The second-order valence-corrected chi connectivity index (χ2v) is 10.3. The first-order valence-corrected chi connectivity index (χ1v) is 11.3. The third-order valence-electron chi connectivity index (χ3n) is 7.64. The van der Waals surface area contributed by atoms with Gasteiger partial charge in [-0.25, -0.2) is 0 Å². The third kappa shape index (κ3) is 4.66. The molecule has 0 saturated heterocycles. The Morgan fingerprint density at radius 3 is 2.07 bits per heavy atom. The fraction of sp³-hybridized carbons (Fsp3) is 0.667. The molecule has 4 saturated carbocycles. The number of amides is 2. The van der Waals surface area contributed by atoms with E-state index in [-0.39, 0.29) is 24.4 Å². The standard InChI is InChI=1S/C24H35N3O2/c1-16-4-6-21(7-5-16)26-23(29)15-27(3)14-22(28)25-17(2)24-11-18-8-19(12-24)10-20(9-18)13-24/h4-7,17-20H,8-15H2,1-3H3,(H,25,28)(H,26,29)/p+1/t17-,18?,19?,20?,24?/m1/s1. The summed E-state index contributed by atoms with van der Waals surface area (Å²) in [5.74, 6) is 2.67. The molecule has 4 aliphatic carbocycles. The van der Waals surface area contributed by atoms with E-state index in [2.05, 4.69) is 17.6 Å². The SMILES string of the molecule is Cc1ccc(NC(=O)C[NH+](C)CC(=O)N[C@H](C)C23CC4CC(CC(C4)C2)C3)cc1. The average Bonchev–Trinajstić information content (AvgIpc) is 2.62. The minimum atomic E-state index is -0.0618. The largest absolute Gasteiger partial charge is 0.348 e. The van der Waals surface area contributed by atoms with Crippen LogP contribution < -0.4 is 15.5 Å². The number of likely N-dealkylation sites (N-methyl/N-ethyl adjacent to an activating group) is 1. The lowest BCUT2D eigenvalue weighted by Crippen LogP contribution is -3.11. The van der Waals surface area contributed by atoms with Gasteiger partial charge in [0.05, 0.1) is 7.05 Å². The zero-order valence-corrected chi connectivity index (χ0v) is 18.1. The zero-order valence-electron chi connectivity index (χ0n) is 18.1. The second kappa shape index (κ2) is 8.10. The lowest BCUT2D eigenvalue weighted by molar-refractivity contribution is -0.862. The minimum Gasteiger partial charge on any atom is -0.348 e. The maximum Gasteiger partial charge on any atom is 0.279 e. The van der Waals surface area contributed by atoms with Crippen molar-refractivity contribution in [3.05, 3.63) is 29.8 Å². The van der Waals surface area contributed by atoms with E-state index in [4.69, 9.17) is 0 Å². The molecule has 0 aromatic heterocycles. The summed E-state index contributed by atoms with van der Waals surface area (Å²) in [6.07, 6.45) is 8.14. The quantitative estimate of drug-likeness (QED) is 0.659. The van der Waals surface area contributed by atoms with Crippen LogP contribution in [0, 0.1) is 30.1 Å². The lowest BCUT2D eigenvalue weighted by Gasteiger charge is -2.59. The lowest BCUT2D eigenvalue weighted by atomic mass is 9.48. The predicted molar refractivity (Wildman–Crippen MR) is 115 cm³/mol. The highest BCUT2D eigenvalue weighted by atomic mass is 16.2. The molecule has 5 nitrogen and oxygen atoms in total. The zero-order chi connectivity index (χ0) is 20.6. The van der Waals surface area contributed by atoms with E-state index in [0.717, 1.165) is 33.9 Å². The number of carbonyl (C=O) groups excluding carboxylic acids is 2. The molecule has 5 rings (SSSR count). The van der Waals surface area contributed by atoms with Crippen molar-refractivity contribution in [2.24, 2.45) is 23.2 Å². The van der Waals surface area contributed by atoms with Gasteiger partial charge in [-0.05, 0) is 87.7 Å². The van der Waals surface area contributed by atoms with Gasteiger partial charge in [-0.15, -0.1) is 0 Å². The van der Waals surface area contributed by atoms with Gasteiger partial charge >= 0.3 is 0 Å². The van der Waals surface area contributed by atoms with E-state index in [1.54, 1.807) is 0 Å². The first-order valence-electron chi connectivity index (χ1n) is 11.3. The Morgan fingerprint density at radius 1 is 1.00 bits per heavy atom. The molecule has 4 aliphatic rings. The number of anilines is 1. The van der Waals surface area contributed by atoms with E-state index >= 15 is 0 Å². The number of benzene rings is 1. The third-order valence-corrected chi connectivity index (χ3v) is 7.64. The molecule has 2 atom stereocenters. The molecule has 4 fully saturated rings. The van der Waals surface area contributed by atoms with Crippen molar-refractivity contribution in [3.63, 3.8) is 0 Å². The van der Waals surface area contributed by atoms with Crippen LogP contribution in [0.25, 0.3) is 0 Å². The van der Waals surface area contributed by atoms with Crippen LogP contribution in [0.2, 0.25) is 0 Å². The number of nitrogens with one attached hydrogen (secondary N) is 3.